The van der Waals surface area contributed by atoms with E-state index in [2.05, 4.69) is 10.6 Å². The number of halogens is 2. The molecule has 0 heterocycles. The number of benzene rings is 2. The number of sulfonamides is 1. The second-order valence-corrected chi connectivity index (χ2v) is 7.95. The van der Waals surface area contributed by atoms with Crippen LogP contribution in [0.4, 0.5) is 15.8 Å². The lowest BCUT2D eigenvalue weighted by Crippen LogP contribution is -2.23. The molecule has 0 bridgehead atoms. The maximum absolute atomic E-state index is 12.9. The smallest absolute Gasteiger partial charge is 0.244 e. The third kappa shape index (κ3) is 4.41. The van der Waals surface area contributed by atoms with Gasteiger partial charge in [-0.1, -0.05) is 11.6 Å². The Morgan fingerprint density at radius 3 is 2.21 bits per heavy atom. The number of nitrogens with one attached hydrogen (secondary N) is 2. The van der Waals surface area contributed by atoms with Crippen molar-refractivity contribution >= 4 is 50.3 Å². The molecule has 0 unspecified atom stereocenters. The molecule has 2 N–H and O–H groups in total. The Balaban J connectivity index is 2.18. The Kier molecular flexibility index (Phi) is 5.76. The summed E-state index contributed by atoms with van der Waals surface area (Å²) in [5.41, 5.74) is 1.06. The molecule has 2 rings (SSSR count). The van der Waals surface area contributed by atoms with Crippen LogP contribution in [0.2, 0.25) is 5.02 Å². The summed E-state index contributed by atoms with van der Waals surface area (Å²) in [6.45, 7) is 0. The Hall–Kier alpha value is -1.74. The van der Waals surface area contributed by atoms with Gasteiger partial charge in [-0.25, -0.2) is 17.1 Å². The number of thiocarbonyl (C=S) groups is 1. The molecule has 2 aromatic carbocycles. The van der Waals surface area contributed by atoms with Crippen molar-refractivity contribution in [3.05, 3.63) is 53.3 Å². The van der Waals surface area contributed by atoms with Crippen molar-refractivity contribution in [2.45, 2.75) is 4.90 Å². The Bertz CT molecular complexity index is 856. The number of hydrogen-bond donors (Lipinski definition) is 2. The molecule has 0 saturated heterocycles. The zero-order valence-corrected chi connectivity index (χ0v) is 15.3. The highest BCUT2D eigenvalue weighted by Crippen LogP contribution is 2.27. The first-order valence-corrected chi connectivity index (χ1v) is 8.98. The van der Waals surface area contributed by atoms with Gasteiger partial charge in [0.05, 0.1) is 5.02 Å². The van der Waals surface area contributed by atoms with Crippen molar-refractivity contribution in [1.29, 1.82) is 0 Å². The van der Waals surface area contributed by atoms with Gasteiger partial charge in [0.2, 0.25) is 10.0 Å². The first-order chi connectivity index (χ1) is 11.2. The number of anilines is 2. The quantitative estimate of drug-likeness (QED) is 0.786. The van der Waals surface area contributed by atoms with E-state index in [4.69, 9.17) is 23.8 Å². The van der Waals surface area contributed by atoms with Gasteiger partial charge in [0.15, 0.2) is 5.11 Å². The first kappa shape index (κ1) is 18.6. The van der Waals surface area contributed by atoms with Crippen LogP contribution in [0.5, 0.6) is 0 Å². The summed E-state index contributed by atoms with van der Waals surface area (Å²) in [6, 6.07) is 10.1. The molecule has 0 fully saturated rings. The van der Waals surface area contributed by atoms with Gasteiger partial charge >= 0.3 is 0 Å². The topological polar surface area (TPSA) is 61.4 Å². The zero-order valence-electron chi connectivity index (χ0n) is 12.9. The second-order valence-electron chi connectivity index (χ2n) is 5.02. The van der Waals surface area contributed by atoms with Crippen molar-refractivity contribution in [2.24, 2.45) is 0 Å². The third-order valence-corrected chi connectivity index (χ3v) is 5.55. The molecule has 0 aliphatic heterocycles. The lowest BCUT2D eigenvalue weighted by Gasteiger charge is -2.15. The van der Waals surface area contributed by atoms with E-state index < -0.39 is 10.0 Å². The van der Waals surface area contributed by atoms with Gasteiger partial charge in [-0.15, -0.1) is 0 Å². The lowest BCUT2D eigenvalue weighted by molar-refractivity contribution is 0.521. The van der Waals surface area contributed by atoms with Crippen molar-refractivity contribution in [1.82, 2.24) is 4.31 Å². The summed E-state index contributed by atoms with van der Waals surface area (Å²) in [7, 11) is -0.827. The fourth-order valence-electron chi connectivity index (χ4n) is 1.80. The average molecular weight is 388 g/mol. The summed E-state index contributed by atoms with van der Waals surface area (Å²) in [5, 5.41) is 6.09. The van der Waals surface area contributed by atoms with Crippen LogP contribution in [0.3, 0.4) is 0 Å². The van der Waals surface area contributed by atoms with E-state index in [-0.39, 0.29) is 20.8 Å². The zero-order chi connectivity index (χ0) is 17.9. The predicted molar refractivity (Wildman–Crippen MR) is 98.6 cm³/mol. The molecule has 9 heteroatoms. The highest BCUT2D eigenvalue weighted by molar-refractivity contribution is 7.89. The monoisotopic (exact) mass is 387 g/mol. The van der Waals surface area contributed by atoms with Gasteiger partial charge in [-0.05, 0) is 54.7 Å². The average Bonchev–Trinajstić information content (AvgIpc) is 2.51. The lowest BCUT2D eigenvalue weighted by atomic mass is 10.3. The van der Waals surface area contributed by atoms with Gasteiger partial charge in [-0.3, -0.25) is 0 Å². The third-order valence-electron chi connectivity index (χ3n) is 3.05. The Morgan fingerprint density at radius 1 is 1.08 bits per heavy atom. The van der Waals surface area contributed by atoms with E-state index in [1.807, 2.05) is 0 Å². The molecule has 5 nitrogen and oxygen atoms in total. The van der Waals surface area contributed by atoms with Crippen LogP contribution in [-0.4, -0.2) is 31.9 Å². The van der Waals surface area contributed by atoms with Gasteiger partial charge in [0.25, 0.3) is 0 Å². The maximum atomic E-state index is 12.9. The molecule has 0 spiro atoms. The molecule has 0 atom stereocenters. The summed E-state index contributed by atoms with van der Waals surface area (Å²) in [4.78, 5) is -0.0243. The second kappa shape index (κ2) is 7.43. The fraction of sp³-hybridized carbons (Fsp3) is 0.133. The molecule has 0 aromatic heterocycles. The molecule has 128 valence electrons. The van der Waals surface area contributed by atoms with E-state index in [0.717, 1.165) is 4.31 Å². The van der Waals surface area contributed by atoms with Gasteiger partial charge in [-0.2, -0.15) is 0 Å². The summed E-state index contributed by atoms with van der Waals surface area (Å²) >= 11 is 11.2. The molecule has 2 aromatic rings. The van der Waals surface area contributed by atoms with E-state index >= 15 is 0 Å². The largest absolute Gasteiger partial charge is 0.332 e. The van der Waals surface area contributed by atoms with E-state index in [1.54, 1.807) is 6.07 Å². The SMILES string of the molecule is CN(C)S(=O)(=O)c1cc(NC(=S)Nc2ccc(F)cc2)ccc1Cl. The molecule has 0 saturated carbocycles. The molecule has 24 heavy (non-hydrogen) atoms. The highest BCUT2D eigenvalue weighted by Gasteiger charge is 2.21. The van der Waals surface area contributed by atoms with E-state index in [9.17, 15) is 12.8 Å². The molecule has 0 amide bonds. The van der Waals surface area contributed by atoms with Gasteiger partial charge < -0.3 is 10.6 Å². The highest BCUT2D eigenvalue weighted by atomic mass is 35.5. The van der Waals surface area contributed by atoms with Gasteiger partial charge in [0.1, 0.15) is 10.7 Å². The first-order valence-electron chi connectivity index (χ1n) is 6.76. The Labute approximate surface area is 150 Å². The summed E-state index contributed by atoms with van der Waals surface area (Å²) in [6.07, 6.45) is 0. The maximum Gasteiger partial charge on any atom is 0.244 e. The van der Waals surface area contributed by atoms with Crippen LogP contribution < -0.4 is 10.6 Å². The molecule has 0 aliphatic rings. The van der Waals surface area contributed by atoms with Crippen molar-refractivity contribution in [3.63, 3.8) is 0 Å². The van der Waals surface area contributed by atoms with Crippen LogP contribution in [0, 0.1) is 5.82 Å². The summed E-state index contributed by atoms with van der Waals surface area (Å²) in [5.74, 6) is -0.351. The standard InChI is InChI=1S/C15H15ClFN3O2S2/c1-20(2)24(21,22)14-9-12(7-8-13(14)16)19-15(23)18-11-5-3-10(17)4-6-11/h3-9H,1-2H3,(H2,18,19,23). The minimum absolute atomic E-state index is 0.0243. The normalized spacial score (nSPS) is 11.4. The van der Waals surface area contributed by atoms with Crippen molar-refractivity contribution in [3.8, 4) is 0 Å². The van der Waals surface area contributed by atoms with Crippen LogP contribution >= 0.6 is 23.8 Å². The van der Waals surface area contributed by atoms with Crippen molar-refractivity contribution < 1.29 is 12.8 Å². The number of nitrogens with zero attached hydrogens (tertiary/aromatic N) is 1. The van der Waals surface area contributed by atoms with Gasteiger partial charge in [0, 0.05) is 25.5 Å². The fourth-order valence-corrected chi connectivity index (χ4v) is 3.43. The van der Waals surface area contributed by atoms with Crippen LogP contribution in [0.1, 0.15) is 0 Å². The Morgan fingerprint density at radius 2 is 1.62 bits per heavy atom. The minimum Gasteiger partial charge on any atom is -0.332 e. The predicted octanol–water partition coefficient (Wildman–Crippen LogP) is 3.54. The summed E-state index contributed by atoms with van der Waals surface area (Å²) < 4.78 is 38.4. The van der Waals surface area contributed by atoms with Crippen LogP contribution in [0.15, 0.2) is 47.4 Å². The molecular weight excluding hydrogens is 373 g/mol. The number of rotatable bonds is 4. The van der Waals surface area contributed by atoms with E-state index in [1.165, 1.54) is 50.5 Å². The molecular formula is C15H15ClFN3O2S2. The molecule has 0 aliphatic carbocycles. The van der Waals surface area contributed by atoms with Crippen LogP contribution in [-0.2, 0) is 10.0 Å². The van der Waals surface area contributed by atoms with Crippen LogP contribution in [0.25, 0.3) is 0 Å². The molecule has 0 radical (unpaired) electrons. The van der Waals surface area contributed by atoms with E-state index in [0.29, 0.717) is 11.4 Å². The minimum atomic E-state index is -3.67. The number of hydrogen-bond acceptors (Lipinski definition) is 3. The van der Waals surface area contributed by atoms with Crippen molar-refractivity contribution in [2.75, 3.05) is 24.7 Å².